The lowest BCUT2D eigenvalue weighted by atomic mass is 10.1. The third-order valence-corrected chi connectivity index (χ3v) is 4.78. The first-order chi connectivity index (χ1) is 13.9. The van der Waals surface area contributed by atoms with E-state index in [0.717, 1.165) is 4.57 Å². The number of alkyl halides is 4. The largest absolute Gasteiger partial charge is 0.406 e. The minimum atomic E-state index is -4.46. The molecule has 1 saturated heterocycles. The van der Waals surface area contributed by atoms with Crippen molar-refractivity contribution in [2.45, 2.75) is 37.9 Å². The number of nitrogens with one attached hydrogen (secondary N) is 1. The lowest BCUT2D eigenvalue weighted by molar-refractivity contribution is -0.139. The van der Waals surface area contributed by atoms with Crippen LogP contribution < -0.4 is 11.1 Å². The molecule has 0 bridgehead atoms. The van der Waals surface area contributed by atoms with Gasteiger partial charge in [0.05, 0.1) is 30.4 Å². The Morgan fingerprint density at radius 2 is 2.14 bits per heavy atom. The molecule has 0 amide bonds. The van der Waals surface area contributed by atoms with Gasteiger partial charge in [-0.05, 0) is 24.6 Å². The number of fused-ring (bicyclic) bond motifs is 1. The summed E-state index contributed by atoms with van der Waals surface area (Å²) in [5, 5.41) is 7.36. The number of rotatable bonds is 5. The van der Waals surface area contributed by atoms with Gasteiger partial charge in [0, 0.05) is 17.7 Å². The van der Waals surface area contributed by atoms with Gasteiger partial charge in [-0.2, -0.15) is 18.2 Å². The van der Waals surface area contributed by atoms with Gasteiger partial charge in [0.2, 0.25) is 11.7 Å². The van der Waals surface area contributed by atoms with Crippen molar-refractivity contribution in [3.63, 3.8) is 0 Å². The molecule has 3 aromatic rings. The minimum Gasteiger partial charge on any atom is -0.379 e. The molecule has 3 N–H and O–H groups in total. The summed E-state index contributed by atoms with van der Waals surface area (Å²) in [6.45, 7) is -0.858. The minimum absolute atomic E-state index is 0.00582. The van der Waals surface area contributed by atoms with E-state index in [1.807, 2.05) is 0 Å². The maximum Gasteiger partial charge on any atom is 0.406 e. The maximum atomic E-state index is 14.2. The molecule has 0 spiro atoms. The zero-order chi connectivity index (χ0) is 20.6. The molecule has 11 heteroatoms. The Kier molecular flexibility index (Phi) is 5.17. The van der Waals surface area contributed by atoms with Crippen molar-refractivity contribution in [1.82, 2.24) is 14.7 Å². The molecule has 0 saturated carbocycles. The van der Waals surface area contributed by atoms with Crippen LogP contribution in [0.5, 0.6) is 0 Å². The highest BCUT2D eigenvalue weighted by atomic mass is 19.4. The Hall–Kier alpha value is -2.66. The normalized spacial score (nSPS) is 20.3. The van der Waals surface area contributed by atoms with Crippen LogP contribution in [0.3, 0.4) is 0 Å². The summed E-state index contributed by atoms with van der Waals surface area (Å²) in [4.78, 5) is 4.05. The average molecular weight is 413 g/mol. The van der Waals surface area contributed by atoms with Crippen LogP contribution in [0.2, 0.25) is 0 Å². The molecule has 2 atom stereocenters. The van der Waals surface area contributed by atoms with Crippen molar-refractivity contribution < 1.29 is 26.8 Å². The second-order valence-electron chi connectivity index (χ2n) is 6.82. The van der Waals surface area contributed by atoms with Crippen LogP contribution in [0.25, 0.3) is 22.4 Å². The van der Waals surface area contributed by atoms with Crippen molar-refractivity contribution in [3.8, 4) is 11.5 Å². The molecule has 29 heavy (non-hydrogen) atoms. The molecule has 1 aromatic carbocycles. The van der Waals surface area contributed by atoms with Gasteiger partial charge in [-0.15, -0.1) is 0 Å². The van der Waals surface area contributed by atoms with E-state index < -0.39 is 24.9 Å². The Morgan fingerprint density at radius 3 is 2.83 bits per heavy atom. The second kappa shape index (κ2) is 7.64. The Balaban J connectivity index is 1.80. The number of ether oxygens (including phenoxy) is 1. The number of anilines is 1. The van der Waals surface area contributed by atoms with Gasteiger partial charge in [-0.3, -0.25) is 0 Å². The zero-order valence-corrected chi connectivity index (χ0v) is 15.2. The monoisotopic (exact) mass is 413 g/mol. The summed E-state index contributed by atoms with van der Waals surface area (Å²) >= 11 is 0. The van der Waals surface area contributed by atoms with Gasteiger partial charge >= 0.3 is 6.18 Å². The van der Waals surface area contributed by atoms with Crippen LogP contribution in [0, 0.1) is 0 Å². The third kappa shape index (κ3) is 4.06. The Bertz CT molecular complexity index is 1000. The summed E-state index contributed by atoms with van der Waals surface area (Å²) in [6, 6.07) is 5.94. The molecule has 1 aliphatic rings. The molecule has 4 rings (SSSR count). The van der Waals surface area contributed by atoms with Crippen LogP contribution in [0.1, 0.15) is 12.3 Å². The van der Waals surface area contributed by atoms with Gasteiger partial charge in [-0.25, -0.2) is 4.39 Å². The predicted octanol–water partition coefficient (Wildman–Crippen LogP) is 3.25. The fourth-order valence-electron chi connectivity index (χ4n) is 3.45. The number of benzene rings is 1. The van der Waals surface area contributed by atoms with Crippen molar-refractivity contribution in [3.05, 3.63) is 30.2 Å². The van der Waals surface area contributed by atoms with Crippen molar-refractivity contribution >= 4 is 16.6 Å². The molecule has 1 fully saturated rings. The number of aromatic nitrogens is 3. The van der Waals surface area contributed by atoms with Gasteiger partial charge < -0.3 is 24.9 Å². The molecule has 0 radical (unpaired) electrons. The van der Waals surface area contributed by atoms with Gasteiger partial charge in [0.1, 0.15) is 12.7 Å². The van der Waals surface area contributed by atoms with Crippen molar-refractivity contribution in [1.29, 1.82) is 0 Å². The third-order valence-electron chi connectivity index (χ3n) is 4.78. The number of nitrogens with two attached hydrogens (primary N) is 1. The van der Waals surface area contributed by atoms with E-state index >= 15 is 0 Å². The summed E-state index contributed by atoms with van der Waals surface area (Å²) in [5.41, 5.74) is 6.45. The van der Waals surface area contributed by atoms with Gasteiger partial charge in [0.15, 0.2) is 0 Å². The van der Waals surface area contributed by atoms with Gasteiger partial charge in [-0.1, -0.05) is 11.2 Å². The number of hydrogen-bond donors (Lipinski definition) is 2. The van der Waals surface area contributed by atoms with Crippen LogP contribution in [0.4, 0.5) is 23.2 Å². The van der Waals surface area contributed by atoms with E-state index in [-0.39, 0.29) is 30.6 Å². The first-order valence-electron chi connectivity index (χ1n) is 9.06. The molecular formula is C18H19F4N5O2. The van der Waals surface area contributed by atoms with E-state index in [1.165, 1.54) is 0 Å². The highest BCUT2D eigenvalue weighted by molar-refractivity contribution is 5.96. The smallest absolute Gasteiger partial charge is 0.379 e. The summed E-state index contributed by atoms with van der Waals surface area (Å²) in [6.07, 6.45) is -5.21. The van der Waals surface area contributed by atoms with Crippen LogP contribution in [-0.4, -0.2) is 46.3 Å². The quantitative estimate of drug-likeness (QED) is 0.624. The van der Waals surface area contributed by atoms with Crippen LogP contribution >= 0.6 is 0 Å². The first kappa shape index (κ1) is 19.6. The number of halogens is 4. The molecule has 2 aromatic heterocycles. The van der Waals surface area contributed by atoms with Crippen LogP contribution in [0.15, 0.2) is 28.8 Å². The van der Waals surface area contributed by atoms with Crippen molar-refractivity contribution in [2.24, 2.45) is 5.73 Å². The van der Waals surface area contributed by atoms with E-state index in [0.29, 0.717) is 29.6 Å². The molecular weight excluding hydrogens is 394 g/mol. The summed E-state index contributed by atoms with van der Waals surface area (Å²) in [5.74, 6) is 0.121. The predicted molar refractivity (Wildman–Crippen MR) is 96.9 cm³/mol. The number of nitrogens with zero attached hydrogens (tertiary/aromatic N) is 3. The van der Waals surface area contributed by atoms with Crippen molar-refractivity contribution in [2.75, 3.05) is 18.5 Å². The average Bonchev–Trinajstić information content (AvgIpc) is 3.28. The number of hydrogen-bond acceptors (Lipinski definition) is 6. The standard InChI is InChI=1S/C18H19F4N5O2/c19-11-8-28-5-4-13(11)24-12-2-1-3-14-10(12)6-15(27(14)9-18(20,21)22)17-25-16(7-23)29-26-17/h1-3,6,11,13,24H,4-5,7-9,23H2/t11-,13-/m1/s1. The van der Waals surface area contributed by atoms with E-state index in [4.69, 9.17) is 15.0 Å². The lowest BCUT2D eigenvalue weighted by Gasteiger charge is -2.28. The highest BCUT2D eigenvalue weighted by Gasteiger charge is 2.32. The highest BCUT2D eigenvalue weighted by Crippen LogP contribution is 2.35. The Labute approximate surface area is 162 Å². The molecule has 0 unspecified atom stereocenters. The van der Waals surface area contributed by atoms with E-state index in [1.54, 1.807) is 24.3 Å². The first-order valence-corrected chi connectivity index (χ1v) is 9.06. The summed E-state index contributed by atoms with van der Waals surface area (Å²) in [7, 11) is 0. The fourth-order valence-corrected chi connectivity index (χ4v) is 3.45. The SMILES string of the molecule is NCc1nc(-c2cc3c(N[C@@H]4CCOC[C@H]4F)cccc3n2CC(F)(F)F)no1. The molecule has 156 valence electrons. The molecule has 7 nitrogen and oxygen atoms in total. The lowest BCUT2D eigenvalue weighted by Crippen LogP contribution is -2.39. The fraction of sp³-hybridized carbons (Fsp3) is 0.444. The van der Waals surface area contributed by atoms with E-state index in [2.05, 4.69) is 15.5 Å². The molecule has 1 aliphatic heterocycles. The second-order valence-corrected chi connectivity index (χ2v) is 6.82. The van der Waals surface area contributed by atoms with Crippen LogP contribution in [-0.2, 0) is 17.8 Å². The Morgan fingerprint density at radius 1 is 1.31 bits per heavy atom. The van der Waals surface area contributed by atoms with Gasteiger partial charge in [0.25, 0.3) is 0 Å². The summed E-state index contributed by atoms with van der Waals surface area (Å²) < 4.78 is 65.1. The molecule has 0 aliphatic carbocycles. The molecule has 3 heterocycles. The van der Waals surface area contributed by atoms with E-state index in [9.17, 15) is 17.6 Å². The maximum absolute atomic E-state index is 14.2. The topological polar surface area (TPSA) is 91.1 Å². The zero-order valence-electron chi connectivity index (χ0n) is 15.2.